The Balaban J connectivity index is 1.49. The van der Waals surface area contributed by atoms with Gasteiger partial charge in [0.1, 0.15) is 5.75 Å². The topological polar surface area (TPSA) is 117 Å². The third kappa shape index (κ3) is 7.97. The Morgan fingerprint density at radius 3 is 2.43 bits per heavy atom. The molecule has 3 rings (SSSR count). The van der Waals surface area contributed by atoms with Crippen molar-refractivity contribution in [3.63, 3.8) is 0 Å². The molecule has 2 aromatic carbocycles. The van der Waals surface area contributed by atoms with Crippen molar-refractivity contribution in [3.05, 3.63) is 59.7 Å². The lowest BCUT2D eigenvalue weighted by Gasteiger charge is -2.30. The number of amides is 3. The fourth-order valence-electron chi connectivity index (χ4n) is 3.71. The number of para-hydroxylation sites is 1. The summed E-state index contributed by atoms with van der Waals surface area (Å²) >= 11 is 0. The highest BCUT2D eigenvalue weighted by molar-refractivity contribution is 7.90. The summed E-state index contributed by atoms with van der Waals surface area (Å²) in [4.78, 5) is 24.7. The number of piperidine rings is 1. The molecule has 1 heterocycles. The van der Waals surface area contributed by atoms with Crippen LogP contribution in [0, 0.1) is 5.92 Å². The molecule has 0 aromatic heterocycles. The molecular formula is C25H34N4O5S. The Labute approximate surface area is 207 Å². The summed E-state index contributed by atoms with van der Waals surface area (Å²) in [5.74, 6) is 0.921. The van der Waals surface area contributed by atoms with Gasteiger partial charge in [-0.05, 0) is 61.4 Å². The first-order valence-electron chi connectivity index (χ1n) is 12.0. The number of rotatable bonds is 10. The van der Waals surface area contributed by atoms with E-state index in [0.717, 1.165) is 24.8 Å². The molecule has 3 N–H and O–H groups in total. The first-order chi connectivity index (χ1) is 16.8. The second-order valence-corrected chi connectivity index (χ2v) is 10.4. The number of urea groups is 1. The Kier molecular flexibility index (Phi) is 9.50. The fraction of sp³-hybridized carbons (Fsp3) is 0.440. The molecule has 35 heavy (non-hydrogen) atoms. The van der Waals surface area contributed by atoms with Crippen molar-refractivity contribution in [2.24, 2.45) is 5.92 Å². The van der Waals surface area contributed by atoms with Crippen LogP contribution in [0.15, 0.2) is 53.4 Å². The molecule has 1 aliphatic rings. The van der Waals surface area contributed by atoms with E-state index in [0.29, 0.717) is 49.9 Å². The number of ether oxygens (including phenoxy) is 1. The maximum atomic E-state index is 12.6. The SMILES string of the molecule is CCCOc1ccccc1C(=O)NCCc1ccc(S(=O)(=O)NC(=O)NN2CCC(C)CC2)cc1. The van der Waals surface area contributed by atoms with Crippen LogP contribution in [0.2, 0.25) is 0 Å². The van der Waals surface area contributed by atoms with Gasteiger partial charge in [-0.1, -0.05) is 38.1 Å². The molecule has 0 unspecified atom stereocenters. The van der Waals surface area contributed by atoms with Crippen LogP contribution in [0.5, 0.6) is 5.75 Å². The van der Waals surface area contributed by atoms with E-state index in [1.807, 2.05) is 13.0 Å². The summed E-state index contributed by atoms with van der Waals surface area (Å²) in [5.41, 5.74) is 3.93. The van der Waals surface area contributed by atoms with Gasteiger partial charge in [0.25, 0.3) is 15.9 Å². The second kappa shape index (κ2) is 12.6. The molecule has 2 aromatic rings. The van der Waals surface area contributed by atoms with E-state index in [1.54, 1.807) is 35.3 Å². The monoisotopic (exact) mass is 502 g/mol. The zero-order valence-electron chi connectivity index (χ0n) is 20.2. The van der Waals surface area contributed by atoms with Crippen LogP contribution in [-0.2, 0) is 16.4 Å². The minimum absolute atomic E-state index is 0.00491. The van der Waals surface area contributed by atoms with E-state index < -0.39 is 16.1 Å². The minimum atomic E-state index is -3.99. The van der Waals surface area contributed by atoms with Crippen LogP contribution in [-0.4, -0.2) is 51.6 Å². The smallest absolute Gasteiger partial charge is 0.343 e. The van der Waals surface area contributed by atoms with Crippen molar-refractivity contribution >= 4 is 22.0 Å². The van der Waals surface area contributed by atoms with Crippen molar-refractivity contribution in [2.75, 3.05) is 26.2 Å². The average molecular weight is 503 g/mol. The van der Waals surface area contributed by atoms with Crippen molar-refractivity contribution < 1.29 is 22.7 Å². The number of hydrogen-bond acceptors (Lipinski definition) is 6. The van der Waals surface area contributed by atoms with Crippen LogP contribution >= 0.6 is 0 Å². The number of sulfonamides is 1. The largest absolute Gasteiger partial charge is 0.493 e. The van der Waals surface area contributed by atoms with Gasteiger partial charge in [0.2, 0.25) is 0 Å². The summed E-state index contributed by atoms with van der Waals surface area (Å²) < 4.78 is 32.8. The van der Waals surface area contributed by atoms with Crippen molar-refractivity contribution in [2.45, 2.75) is 44.4 Å². The Morgan fingerprint density at radius 2 is 1.74 bits per heavy atom. The van der Waals surface area contributed by atoms with Gasteiger partial charge in [-0.25, -0.2) is 22.9 Å². The molecule has 0 spiro atoms. The highest BCUT2D eigenvalue weighted by Gasteiger charge is 2.21. The van der Waals surface area contributed by atoms with Gasteiger partial charge in [0.15, 0.2) is 0 Å². The van der Waals surface area contributed by atoms with Gasteiger partial charge in [0.05, 0.1) is 17.1 Å². The molecular weight excluding hydrogens is 468 g/mol. The third-order valence-electron chi connectivity index (χ3n) is 5.80. The molecule has 0 saturated carbocycles. The Morgan fingerprint density at radius 1 is 1.06 bits per heavy atom. The van der Waals surface area contributed by atoms with Gasteiger partial charge < -0.3 is 10.1 Å². The minimum Gasteiger partial charge on any atom is -0.493 e. The Hall–Kier alpha value is -3.11. The molecule has 3 amide bonds. The van der Waals surface area contributed by atoms with E-state index in [4.69, 9.17) is 4.74 Å². The third-order valence-corrected chi connectivity index (χ3v) is 7.14. The van der Waals surface area contributed by atoms with Crippen LogP contribution < -0.4 is 20.2 Å². The van der Waals surface area contributed by atoms with Crippen molar-refractivity contribution in [1.29, 1.82) is 0 Å². The number of nitrogens with one attached hydrogen (secondary N) is 3. The lowest BCUT2D eigenvalue weighted by molar-refractivity contribution is 0.0950. The van der Waals surface area contributed by atoms with Gasteiger partial charge in [0, 0.05) is 19.6 Å². The highest BCUT2D eigenvalue weighted by Crippen LogP contribution is 2.18. The Bertz CT molecular complexity index is 1100. The first-order valence-corrected chi connectivity index (χ1v) is 13.4. The van der Waals surface area contributed by atoms with Gasteiger partial charge in [-0.2, -0.15) is 0 Å². The summed E-state index contributed by atoms with van der Waals surface area (Å²) in [7, 11) is -3.99. The molecule has 1 fully saturated rings. The molecule has 0 bridgehead atoms. The number of carbonyl (C=O) groups is 2. The quantitative estimate of drug-likeness (QED) is 0.460. The van der Waals surface area contributed by atoms with E-state index in [-0.39, 0.29) is 10.8 Å². The van der Waals surface area contributed by atoms with Gasteiger partial charge in [-0.15, -0.1) is 0 Å². The molecule has 1 saturated heterocycles. The normalized spacial score (nSPS) is 14.8. The zero-order chi connectivity index (χ0) is 25.3. The molecule has 0 atom stereocenters. The van der Waals surface area contributed by atoms with E-state index >= 15 is 0 Å². The molecule has 1 aliphatic heterocycles. The predicted octanol–water partition coefficient (Wildman–Crippen LogP) is 3.08. The summed E-state index contributed by atoms with van der Waals surface area (Å²) in [6.45, 7) is 6.45. The highest BCUT2D eigenvalue weighted by atomic mass is 32.2. The molecule has 190 valence electrons. The van der Waals surface area contributed by atoms with E-state index in [2.05, 4.69) is 22.4 Å². The van der Waals surface area contributed by atoms with Crippen LogP contribution in [0.25, 0.3) is 0 Å². The number of nitrogens with zero attached hydrogens (tertiary/aromatic N) is 1. The standard InChI is InChI=1S/C25H34N4O5S/c1-3-18-34-23-7-5-4-6-22(23)24(30)26-15-12-20-8-10-21(11-9-20)35(32,33)28-25(31)27-29-16-13-19(2)14-17-29/h4-11,19H,3,12-18H2,1-2H3,(H,26,30)(H2,27,28,31). The average Bonchev–Trinajstić information content (AvgIpc) is 2.84. The van der Waals surface area contributed by atoms with Crippen LogP contribution in [0.1, 0.15) is 49.0 Å². The lowest BCUT2D eigenvalue weighted by Crippen LogP contribution is -2.51. The molecule has 10 heteroatoms. The van der Waals surface area contributed by atoms with E-state index in [1.165, 1.54) is 12.1 Å². The summed E-state index contributed by atoms with van der Waals surface area (Å²) in [6.07, 6.45) is 3.27. The predicted molar refractivity (Wildman–Crippen MR) is 134 cm³/mol. The van der Waals surface area contributed by atoms with Crippen molar-refractivity contribution in [1.82, 2.24) is 20.5 Å². The zero-order valence-corrected chi connectivity index (χ0v) is 21.1. The van der Waals surface area contributed by atoms with Crippen LogP contribution in [0.3, 0.4) is 0 Å². The van der Waals surface area contributed by atoms with E-state index in [9.17, 15) is 18.0 Å². The molecule has 0 aliphatic carbocycles. The lowest BCUT2D eigenvalue weighted by atomic mass is 10.0. The maximum Gasteiger partial charge on any atom is 0.343 e. The van der Waals surface area contributed by atoms with Crippen LogP contribution in [0.4, 0.5) is 4.79 Å². The number of hydrazine groups is 1. The van der Waals surface area contributed by atoms with Gasteiger partial charge >= 0.3 is 6.03 Å². The van der Waals surface area contributed by atoms with Gasteiger partial charge in [-0.3, -0.25) is 10.2 Å². The second-order valence-electron chi connectivity index (χ2n) is 8.71. The van der Waals surface area contributed by atoms with Crippen molar-refractivity contribution in [3.8, 4) is 5.75 Å². The fourth-order valence-corrected chi connectivity index (χ4v) is 4.61. The summed E-state index contributed by atoms with van der Waals surface area (Å²) in [6, 6.07) is 12.6. The number of hydrogen-bond donors (Lipinski definition) is 3. The maximum absolute atomic E-state index is 12.6. The first kappa shape index (κ1) is 26.5. The summed E-state index contributed by atoms with van der Waals surface area (Å²) in [5, 5.41) is 4.60. The molecule has 9 nitrogen and oxygen atoms in total. The number of carbonyl (C=O) groups excluding carboxylic acids is 2. The number of benzene rings is 2. The molecule has 0 radical (unpaired) electrons.